The van der Waals surface area contributed by atoms with Crippen molar-refractivity contribution in [2.24, 2.45) is 22.8 Å². The maximum absolute atomic E-state index is 15.3. The molecule has 6 N–H and O–H groups in total. The normalized spacial score (nSPS) is 22.3. The van der Waals surface area contributed by atoms with Crippen molar-refractivity contribution in [1.29, 1.82) is 0 Å². The Labute approximate surface area is 205 Å². The van der Waals surface area contributed by atoms with Crippen molar-refractivity contribution in [3.8, 4) is 5.69 Å². The average molecular weight is 486 g/mol. The van der Waals surface area contributed by atoms with Crippen molar-refractivity contribution in [1.82, 2.24) is 9.78 Å². The minimum atomic E-state index is -0.996. The number of aliphatic carboxylic acids is 1. The second-order valence-electron chi connectivity index (χ2n) is 10.8. The van der Waals surface area contributed by atoms with Gasteiger partial charge in [-0.25, -0.2) is 9.07 Å². The van der Waals surface area contributed by atoms with Crippen LogP contribution in [0.4, 0.5) is 10.1 Å². The number of primary amides is 1. The standard InChI is InChI=1S/C26H36FN5O3/c1-4-19-17-9-10-26(2,3)13-21(17)32(31-19)16-11-18(27)22(24(29)33)20(12-16)30-15-7-5-14(6-8-15)23(28)25(34)35/h11-12,14-15,23,30H,4-10,13,28H2,1-3H3,(H2,29,33)(H,34,35). The van der Waals surface area contributed by atoms with Gasteiger partial charge in [0.15, 0.2) is 0 Å². The molecule has 1 aromatic heterocycles. The number of nitrogens with zero attached hydrogens (tertiary/aromatic N) is 2. The lowest BCUT2D eigenvalue weighted by Gasteiger charge is -2.32. The zero-order valence-corrected chi connectivity index (χ0v) is 20.7. The molecule has 9 heteroatoms. The first kappa shape index (κ1) is 25.2. The van der Waals surface area contributed by atoms with E-state index < -0.39 is 23.7 Å². The van der Waals surface area contributed by atoms with Crippen LogP contribution in [-0.2, 0) is 24.1 Å². The highest BCUT2D eigenvalue weighted by Gasteiger charge is 2.32. The number of rotatable bonds is 7. The number of hydrogen-bond donors (Lipinski definition) is 4. The molecule has 0 spiro atoms. The van der Waals surface area contributed by atoms with E-state index in [-0.39, 0.29) is 22.9 Å². The highest BCUT2D eigenvalue weighted by atomic mass is 19.1. The summed E-state index contributed by atoms with van der Waals surface area (Å²) in [5.41, 5.74) is 15.6. The van der Waals surface area contributed by atoms with Gasteiger partial charge in [0.2, 0.25) is 0 Å². The Morgan fingerprint density at radius 2 is 1.97 bits per heavy atom. The number of benzene rings is 1. The molecule has 1 fully saturated rings. The molecule has 4 rings (SSSR count). The lowest BCUT2D eigenvalue weighted by molar-refractivity contribution is -0.140. The Hall–Kier alpha value is -2.94. The first-order valence-electron chi connectivity index (χ1n) is 12.5. The van der Waals surface area contributed by atoms with Gasteiger partial charge in [0.25, 0.3) is 5.91 Å². The predicted molar refractivity (Wildman–Crippen MR) is 132 cm³/mol. The number of carbonyl (C=O) groups excluding carboxylic acids is 1. The van der Waals surface area contributed by atoms with Crippen LogP contribution in [0.2, 0.25) is 0 Å². The molecule has 0 saturated heterocycles. The van der Waals surface area contributed by atoms with E-state index in [0.717, 1.165) is 37.1 Å². The van der Waals surface area contributed by atoms with Gasteiger partial charge in [-0.3, -0.25) is 9.59 Å². The van der Waals surface area contributed by atoms with Crippen LogP contribution >= 0.6 is 0 Å². The van der Waals surface area contributed by atoms with E-state index in [1.807, 2.05) is 4.68 Å². The molecule has 2 aromatic rings. The molecule has 190 valence electrons. The predicted octanol–water partition coefficient (Wildman–Crippen LogP) is 3.57. The molecule has 0 bridgehead atoms. The number of fused-ring (bicyclic) bond motifs is 1. The summed E-state index contributed by atoms with van der Waals surface area (Å²) in [5, 5.41) is 17.3. The third-order valence-corrected chi connectivity index (χ3v) is 7.70. The first-order chi connectivity index (χ1) is 16.5. The molecule has 1 amide bonds. The van der Waals surface area contributed by atoms with Crippen LogP contribution in [0.15, 0.2) is 12.1 Å². The van der Waals surface area contributed by atoms with Crippen LogP contribution < -0.4 is 16.8 Å². The quantitative estimate of drug-likeness (QED) is 0.473. The molecule has 0 radical (unpaired) electrons. The molecule has 2 aliphatic rings. The smallest absolute Gasteiger partial charge is 0.320 e. The number of carboxylic acids is 1. The van der Waals surface area contributed by atoms with Gasteiger partial charge in [0.05, 0.1) is 22.6 Å². The summed E-state index contributed by atoms with van der Waals surface area (Å²) < 4.78 is 17.1. The highest BCUT2D eigenvalue weighted by Crippen LogP contribution is 2.38. The first-order valence-corrected chi connectivity index (χ1v) is 12.5. The Morgan fingerprint density at radius 1 is 1.29 bits per heavy atom. The van der Waals surface area contributed by atoms with E-state index in [9.17, 15) is 14.7 Å². The summed E-state index contributed by atoms with van der Waals surface area (Å²) in [7, 11) is 0. The number of nitrogens with two attached hydrogens (primary N) is 2. The monoisotopic (exact) mass is 485 g/mol. The number of aryl methyl sites for hydroxylation is 1. The summed E-state index contributed by atoms with van der Waals surface area (Å²) in [6.45, 7) is 6.54. The van der Waals surface area contributed by atoms with Crippen molar-refractivity contribution < 1.29 is 19.1 Å². The van der Waals surface area contributed by atoms with Gasteiger partial charge in [-0.2, -0.15) is 5.10 Å². The topological polar surface area (TPSA) is 136 Å². The molecular formula is C26H36FN5O3. The van der Waals surface area contributed by atoms with Gasteiger partial charge < -0.3 is 21.9 Å². The van der Waals surface area contributed by atoms with Crippen molar-refractivity contribution in [3.63, 3.8) is 0 Å². The van der Waals surface area contributed by atoms with Crippen LogP contribution in [0, 0.1) is 17.2 Å². The second-order valence-corrected chi connectivity index (χ2v) is 10.8. The van der Waals surface area contributed by atoms with Crippen LogP contribution in [0.1, 0.15) is 80.2 Å². The van der Waals surface area contributed by atoms with Gasteiger partial charge in [-0.15, -0.1) is 0 Å². The molecule has 1 heterocycles. The number of amides is 1. The lowest BCUT2D eigenvalue weighted by Crippen LogP contribution is -2.41. The number of halogens is 1. The highest BCUT2D eigenvalue weighted by molar-refractivity contribution is 5.99. The van der Waals surface area contributed by atoms with Crippen LogP contribution in [0.25, 0.3) is 5.69 Å². The van der Waals surface area contributed by atoms with Crippen LogP contribution in [-0.4, -0.2) is 38.8 Å². The molecule has 1 saturated carbocycles. The number of carbonyl (C=O) groups is 2. The molecule has 35 heavy (non-hydrogen) atoms. The van der Waals surface area contributed by atoms with E-state index >= 15 is 4.39 Å². The minimum Gasteiger partial charge on any atom is -0.480 e. The molecule has 1 unspecified atom stereocenters. The number of anilines is 1. The zero-order valence-electron chi connectivity index (χ0n) is 20.7. The molecule has 1 atom stereocenters. The van der Waals surface area contributed by atoms with Crippen molar-refractivity contribution >= 4 is 17.6 Å². The number of aromatic nitrogens is 2. The van der Waals surface area contributed by atoms with Gasteiger partial charge in [0, 0.05) is 17.8 Å². The van der Waals surface area contributed by atoms with E-state index in [1.54, 1.807) is 6.07 Å². The Balaban J connectivity index is 1.67. The van der Waals surface area contributed by atoms with Gasteiger partial charge in [-0.1, -0.05) is 20.8 Å². The molecule has 2 aliphatic carbocycles. The summed E-state index contributed by atoms with van der Waals surface area (Å²) in [6, 6.07) is 2.16. The van der Waals surface area contributed by atoms with Gasteiger partial charge >= 0.3 is 5.97 Å². The average Bonchev–Trinajstić information content (AvgIpc) is 3.15. The molecule has 0 aliphatic heterocycles. The van der Waals surface area contributed by atoms with Gasteiger partial charge in [0.1, 0.15) is 11.9 Å². The zero-order chi connectivity index (χ0) is 25.5. The largest absolute Gasteiger partial charge is 0.480 e. The number of nitrogens with one attached hydrogen (secondary N) is 1. The Morgan fingerprint density at radius 3 is 2.57 bits per heavy atom. The third-order valence-electron chi connectivity index (χ3n) is 7.70. The summed E-state index contributed by atoms with van der Waals surface area (Å²) in [6.07, 6.45) is 6.27. The van der Waals surface area contributed by atoms with Crippen molar-refractivity contribution in [3.05, 3.63) is 40.5 Å². The minimum absolute atomic E-state index is 0.0448. The van der Waals surface area contributed by atoms with Crippen molar-refractivity contribution in [2.75, 3.05) is 5.32 Å². The Bertz CT molecular complexity index is 1130. The SMILES string of the molecule is CCc1nn(-c2cc(F)c(C(N)=O)c(NC3CCC(C(N)C(=O)O)CC3)c2)c2c1CCC(C)(C)C2. The summed E-state index contributed by atoms with van der Waals surface area (Å²) >= 11 is 0. The molecule has 1 aromatic carbocycles. The fraction of sp³-hybridized carbons (Fsp3) is 0.577. The van der Waals surface area contributed by atoms with E-state index in [1.165, 1.54) is 11.6 Å². The summed E-state index contributed by atoms with van der Waals surface area (Å²) in [5.74, 6) is -2.62. The van der Waals surface area contributed by atoms with E-state index in [0.29, 0.717) is 37.1 Å². The number of hydrogen-bond acceptors (Lipinski definition) is 5. The number of carboxylic acid groups (broad SMARTS) is 1. The van der Waals surface area contributed by atoms with E-state index in [4.69, 9.17) is 16.6 Å². The maximum Gasteiger partial charge on any atom is 0.320 e. The second kappa shape index (κ2) is 9.60. The van der Waals surface area contributed by atoms with Crippen LogP contribution in [0.5, 0.6) is 0 Å². The maximum atomic E-state index is 15.3. The Kier molecular flexibility index (Phi) is 6.90. The van der Waals surface area contributed by atoms with Crippen LogP contribution in [0.3, 0.4) is 0 Å². The fourth-order valence-electron chi connectivity index (χ4n) is 5.63. The van der Waals surface area contributed by atoms with Gasteiger partial charge in [-0.05, 0) is 74.3 Å². The summed E-state index contributed by atoms with van der Waals surface area (Å²) in [4.78, 5) is 23.4. The van der Waals surface area contributed by atoms with E-state index in [2.05, 4.69) is 26.1 Å². The van der Waals surface area contributed by atoms with Crippen molar-refractivity contribution in [2.45, 2.75) is 84.2 Å². The lowest BCUT2D eigenvalue weighted by atomic mass is 9.76. The third kappa shape index (κ3) is 5.05. The fourth-order valence-corrected chi connectivity index (χ4v) is 5.63. The molecular weight excluding hydrogens is 449 g/mol. The molecule has 8 nitrogen and oxygen atoms in total.